The highest BCUT2D eigenvalue weighted by atomic mass is 16.7. The lowest BCUT2D eigenvalue weighted by Gasteiger charge is -2.37. The second kappa shape index (κ2) is 8.60. The Bertz CT molecular complexity index is 1170. The first-order chi connectivity index (χ1) is 15.1. The Labute approximate surface area is 180 Å². The van der Waals surface area contributed by atoms with Crippen molar-refractivity contribution in [2.75, 3.05) is 26.9 Å². The highest BCUT2D eigenvalue weighted by Gasteiger charge is 2.35. The zero-order valence-electron chi connectivity index (χ0n) is 17.7. The molecule has 7 nitrogen and oxygen atoms in total. The van der Waals surface area contributed by atoms with Gasteiger partial charge < -0.3 is 24.3 Å². The van der Waals surface area contributed by atoms with Gasteiger partial charge in [0.25, 0.3) is 0 Å². The topological polar surface area (TPSA) is 74.9 Å². The van der Waals surface area contributed by atoms with Crippen LogP contribution in [0.4, 0.5) is 0 Å². The van der Waals surface area contributed by atoms with Gasteiger partial charge >= 0.3 is 0 Å². The summed E-state index contributed by atoms with van der Waals surface area (Å²) in [6, 6.07) is 5.41. The van der Waals surface area contributed by atoms with Crippen LogP contribution in [0.3, 0.4) is 0 Å². The number of likely N-dealkylation sites (N-methyl/N-ethyl adjacent to an activating group) is 1. The number of carbonyl (C=O) groups excluding carboxylic acids is 2. The Kier molecular flexibility index (Phi) is 5.72. The summed E-state index contributed by atoms with van der Waals surface area (Å²) in [5.74, 6) is 3.89. The van der Waals surface area contributed by atoms with E-state index in [2.05, 4.69) is 17.0 Å². The lowest BCUT2D eigenvalue weighted by Crippen LogP contribution is -2.45. The zero-order chi connectivity index (χ0) is 22.0. The Hall–Kier alpha value is -3.66. The summed E-state index contributed by atoms with van der Waals surface area (Å²) in [7, 11) is 1.60. The summed E-state index contributed by atoms with van der Waals surface area (Å²) < 4.78 is 11.0. The van der Waals surface area contributed by atoms with Crippen LogP contribution in [-0.2, 0) is 16.0 Å². The highest BCUT2D eigenvalue weighted by molar-refractivity contribution is 5.81. The van der Waals surface area contributed by atoms with Gasteiger partial charge in [0.2, 0.25) is 19.1 Å². The fourth-order valence-electron chi connectivity index (χ4n) is 4.31. The molecule has 0 radical (unpaired) electrons. The molecule has 4 rings (SSSR count). The van der Waals surface area contributed by atoms with Crippen molar-refractivity contribution in [1.29, 1.82) is 0 Å². The van der Waals surface area contributed by atoms with Gasteiger partial charge in [0, 0.05) is 31.1 Å². The molecule has 0 aliphatic carbocycles. The number of fused-ring (bicyclic) bond motifs is 2. The molecule has 2 aliphatic heterocycles. The largest absolute Gasteiger partial charge is 0.454 e. The summed E-state index contributed by atoms with van der Waals surface area (Å²) in [5.41, 5.74) is 3.06. The fraction of sp³-hybridized carbons (Fsp3) is 0.333. The highest BCUT2D eigenvalue weighted by Crippen LogP contribution is 2.39. The van der Waals surface area contributed by atoms with Gasteiger partial charge in [0.1, 0.15) is 0 Å². The van der Waals surface area contributed by atoms with Crippen molar-refractivity contribution in [2.45, 2.75) is 25.8 Å². The number of H-pyrrole nitrogens is 1. The van der Waals surface area contributed by atoms with Crippen LogP contribution < -0.4 is 20.0 Å². The first-order valence-electron chi connectivity index (χ1n) is 10.2. The van der Waals surface area contributed by atoms with E-state index in [1.807, 2.05) is 36.1 Å². The van der Waals surface area contributed by atoms with E-state index in [4.69, 9.17) is 15.9 Å². The number of benzene rings is 1. The quantitative estimate of drug-likeness (QED) is 0.578. The van der Waals surface area contributed by atoms with E-state index >= 15 is 0 Å². The summed E-state index contributed by atoms with van der Waals surface area (Å²) >= 11 is 0. The number of hydrogen-bond acceptors (Lipinski definition) is 4. The Morgan fingerprint density at radius 1 is 1.39 bits per heavy atom. The minimum atomic E-state index is -0.336. The van der Waals surface area contributed by atoms with Gasteiger partial charge in [-0.25, -0.2) is 0 Å². The maximum Gasteiger partial charge on any atom is 0.243 e. The lowest BCUT2D eigenvalue weighted by molar-refractivity contribution is -0.136. The van der Waals surface area contributed by atoms with Crippen LogP contribution in [-0.4, -0.2) is 54.0 Å². The average Bonchev–Trinajstić information content (AvgIpc) is 3.39. The first-order valence-corrected chi connectivity index (χ1v) is 10.2. The van der Waals surface area contributed by atoms with Crippen LogP contribution in [0, 0.1) is 12.3 Å². The molecule has 0 saturated carbocycles. The molecule has 0 bridgehead atoms. The number of rotatable bonds is 5. The third kappa shape index (κ3) is 3.77. The molecule has 1 N–H and O–H groups in total. The van der Waals surface area contributed by atoms with Gasteiger partial charge in [-0.15, -0.1) is 12.3 Å². The van der Waals surface area contributed by atoms with E-state index in [1.165, 1.54) is 10.5 Å². The predicted molar refractivity (Wildman–Crippen MR) is 117 cm³/mol. The van der Waals surface area contributed by atoms with Crippen molar-refractivity contribution in [3.05, 3.63) is 45.6 Å². The Balaban J connectivity index is 1.85. The zero-order valence-corrected chi connectivity index (χ0v) is 17.7. The molecule has 2 aliphatic rings. The number of amides is 2. The minimum Gasteiger partial charge on any atom is -0.454 e. The second-order valence-corrected chi connectivity index (χ2v) is 7.62. The maximum absolute atomic E-state index is 13.1. The third-order valence-corrected chi connectivity index (χ3v) is 5.71. The van der Waals surface area contributed by atoms with E-state index in [-0.39, 0.29) is 25.3 Å². The van der Waals surface area contributed by atoms with Crippen LogP contribution in [0.5, 0.6) is 11.5 Å². The van der Waals surface area contributed by atoms with Crippen molar-refractivity contribution in [2.24, 2.45) is 0 Å². The molecule has 2 amide bonds. The maximum atomic E-state index is 13.1. The van der Waals surface area contributed by atoms with Gasteiger partial charge in [-0.2, -0.15) is 0 Å². The second-order valence-electron chi connectivity index (χ2n) is 7.62. The molecule has 7 heteroatoms. The molecule has 2 aromatic rings. The number of nitrogens with zero attached hydrogens (tertiary/aromatic N) is 2. The summed E-state index contributed by atoms with van der Waals surface area (Å²) in [6.07, 6.45) is 11.4. The fourth-order valence-corrected chi connectivity index (χ4v) is 4.31. The summed E-state index contributed by atoms with van der Waals surface area (Å²) in [4.78, 5) is 30.9. The lowest BCUT2D eigenvalue weighted by atomic mass is 9.92. The number of aromatic nitrogens is 1. The summed E-state index contributed by atoms with van der Waals surface area (Å²) in [6.45, 7) is 2.75. The SMILES string of the molecule is C#CC/C=c1/[nH]c2c(/c1=C/C)CCN(C(=O)CN(C)C=O)[C@H]2c1ccc2c(c1)OCO2. The molecule has 0 unspecified atom stereocenters. The van der Waals surface area contributed by atoms with Gasteiger partial charge in [-0.1, -0.05) is 12.1 Å². The van der Waals surface area contributed by atoms with Gasteiger partial charge in [0.05, 0.1) is 12.6 Å². The molecule has 1 atom stereocenters. The number of nitrogens with one attached hydrogen (secondary N) is 1. The molecule has 0 spiro atoms. The van der Waals surface area contributed by atoms with E-state index < -0.39 is 0 Å². The van der Waals surface area contributed by atoms with Gasteiger partial charge in [-0.05, 0) is 47.9 Å². The van der Waals surface area contributed by atoms with Crippen LogP contribution in [0.25, 0.3) is 12.2 Å². The van der Waals surface area contributed by atoms with Crippen molar-refractivity contribution in [3.8, 4) is 23.8 Å². The molecule has 0 fully saturated rings. The number of carbonyl (C=O) groups is 2. The molecule has 1 aromatic carbocycles. The molecule has 1 aromatic heterocycles. The number of terminal acetylenes is 1. The van der Waals surface area contributed by atoms with Crippen molar-refractivity contribution in [3.63, 3.8) is 0 Å². The third-order valence-electron chi connectivity index (χ3n) is 5.71. The monoisotopic (exact) mass is 419 g/mol. The van der Waals surface area contributed by atoms with Crippen molar-refractivity contribution in [1.82, 2.24) is 14.8 Å². The first kappa shape index (κ1) is 20.6. The van der Waals surface area contributed by atoms with Crippen LogP contribution >= 0.6 is 0 Å². The summed E-state index contributed by atoms with van der Waals surface area (Å²) in [5, 5.41) is 2.09. The van der Waals surface area contributed by atoms with Crippen molar-refractivity contribution >= 4 is 24.5 Å². The molecule has 3 heterocycles. The Morgan fingerprint density at radius 3 is 2.94 bits per heavy atom. The van der Waals surface area contributed by atoms with Crippen LogP contribution in [0.1, 0.15) is 36.2 Å². The van der Waals surface area contributed by atoms with E-state index in [0.717, 1.165) is 21.8 Å². The number of hydrogen-bond donors (Lipinski definition) is 1. The standard InChI is InChI=1S/C24H25N3O4/c1-4-6-7-19-17(5-2)18-10-11-27(22(29)13-26(3)14-28)24(23(18)25-19)16-8-9-20-21(12-16)31-15-30-20/h1,5,7-9,12,14,24-25H,6,10-11,13,15H2,2-3H3/b17-5-,19-7+/t24-/m0/s1. The van der Waals surface area contributed by atoms with E-state index in [1.54, 1.807) is 7.05 Å². The molecular formula is C24H25N3O4. The molecule has 160 valence electrons. The average molecular weight is 419 g/mol. The van der Waals surface area contributed by atoms with Crippen LogP contribution in [0.2, 0.25) is 0 Å². The predicted octanol–water partition coefficient (Wildman–Crippen LogP) is 0.910. The van der Waals surface area contributed by atoms with E-state index in [0.29, 0.717) is 37.3 Å². The van der Waals surface area contributed by atoms with Gasteiger partial charge in [-0.3, -0.25) is 9.59 Å². The van der Waals surface area contributed by atoms with E-state index in [9.17, 15) is 9.59 Å². The number of aromatic amines is 1. The molecule has 0 saturated heterocycles. The Morgan fingerprint density at radius 2 is 2.19 bits per heavy atom. The number of ether oxygens (including phenoxy) is 2. The molecular weight excluding hydrogens is 394 g/mol. The van der Waals surface area contributed by atoms with Gasteiger partial charge in [0.15, 0.2) is 11.5 Å². The normalized spacial score (nSPS) is 18.0. The minimum absolute atomic E-state index is 0.0173. The molecule has 31 heavy (non-hydrogen) atoms. The van der Waals surface area contributed by atoms with Crippen LogP contribution in [0.15, 0.2) is 18.2 Å². The van der Waals surface area contributed by atoms with Crippen molar-refractivity contribution < 1.29 is 19.1 Å². The smallest absolute Gasteiger partial charge is 0.243 e.